The molecule has 0 amide bonds. The molecule has 0 aliphatic heterocycles. The summed E-state index contributed by atoms with van der Waals surface area (Å²) in [5, 5.41) is 2.00. The highest BCUT2D eigenvalue weighted by Crippen LogP contribution is 2.24. The van der Waals surface area contributed by atoms with Crippen molar-refractivity contribution in [3.8, 4) is 11.5 Å². The zero-order chi connectivity index (χ0) is 29.2. The molecule has 0 atom stereocenters. The van der Waals surface area contributed by atoms with Crippen LogP contribution in [0.25, 0.3) is 12.2 Å². The number of ketones is 2. The first-order valence-electron chi connectivity index (χ1n) is 12.6. The number of hydrogen-bond donors (Lipinski definition) is 0. The Morgan fingerprint density at radius 2 is 1.02 bits per heavy atom. The van der Waals surface area contributed by atoms with Gasteiger partial charge in [-0.3, -0.25) is 9.59 Å². The molecule has 0 bridgehead atoms. The summed E-state index contributed by atoms with van der Waals surface area (Å²) in [6.45, 7) is 0.772. The van der Waals surface area contributed by atoms with Crippen molar-refractivity contribution >= 4 is 70.1 Å². The lowest BCUT2D eigenvalue weighted by molar-refractivity contribution is 0.103. The molecule has 0 aliphatic rings. The molecule has 0 N–H and O–H groups in total. The minimum absolute atomic E-state index is 0.176. The van der Waals surface area contributed by atoms with Crippen LogP contribution in [-0.4, -0.2) is 24.8 Å². The van der Waals surface area contributed by atoms with Crippen molar-refractivity contribution in [1.29, 1.82) is 0 Å². The molecule has 0 aromatic heterocycles. The van der Waals surface area contributed by atoms with E-state index in [1.54, 1.807) is 97.1 Å². The van der Waals surface area contributed by atoms with Crippen LogP contribution in [0.1, 0.15) is 38.3 Å². The van der Waals surface area contributed by atoms with Gasteiger partial charge in [-0.2, -0.15) is 0 Å². The van der Waals surface area contributed by atoms with Crippen LogP contribution >= 0.6 is 46.4 Å². The van der Waals surface area contributed by atoms with Crippen molar-refractivity contribution < 1.29 is 19.1 Å². The number of halogens is 4. The summed E-state index contributed by atoms with van der Waals surface area (Å²) in [5.41, 5.74) is 2.39. The maximum absolute atomic E-state index is 12.6. The summed E-state index contributed by atoms with van der Waals surface area (Å²) in [7, 11) is 0. The highest BCUT2D eigenvalue weighted by Gasteiger charge is 2.07. The zero-order valence-electron chi connectivity index (χ0n) is 21.7. The fourth-order valence-electron chi connectivity index (χ4n) is 3.71. The van der Waals surface area contributed by atoms with Gasteiger partial charge in [0, 0.05) is 37.6 Å². The summed E-state index contributed by atoms with van der Waals surface area (Å²) in [6, 6.07) is 24.1. The first kappa shape index (κ1) is 30.4. The minimum Gasteiger partial charge on any atom is -0.493 e. The lowest BCUT2D eigenvalue weighted by Crippen LogP contribution is -2.06. The highest BCUT2D eigenvalue weighted by atomic mass is 35.5. The number of carbonyl (C=O) groups excluding carboxylic acids is 2. The molecule has 41 heavy (non-hydrogen) atoms. The predicted molar refractivity (Wildman–Crippen MR) is 168 cm³/mol. The van der Waals surface area contributed by atoms with E-state index in [0.717, 1.165) is 0 Å². The van der Waals surface area contributed by atoms with Gasteiger partial charge >= 0.3 is 0 Å². The molecule has 4 nitrogen and oxygen atoms in total. The second-order valence-electron chi connectivity index (χ2n) is 8.83. The van der Waals surface area contributed by atoms with Gasteiger partial charge in [-0.05, 0) is 84.0 Å². The number of carbonyl (C=O) groups is 2. The van der Waals surface area contributed by atoms with Gasteiger partial charge in [-0.25, -0.2) is 0 Å². The van der Waals surface area contributed by atoms with Gasteiger partial charge in [-0.1, -0.05) is 82.8 Å². The normalized spacial score (nSPS) is 11.2. The molecule has 4 aromatic carbocycles. The molecule has 4 aromatic rings. The monoisotopic (exact) mass is 624 g/mol. The van der Waals surface area contributed by atoms with Gasteiger partial charge in [0.25, 0.3) is 0 Å². The molecule has 0 heterocycles. The van der Waals surface area contributed by atoms with Crippen LogP contribution in [0.5, 0.6) is 11.5 Å². The molecule has 208 valence electrons. The molecule has 0 spiro atoms. The fraction of sp³-hybridized carbons (Fsp3) is 0.0909. The molecule has 4 rings (SSSR count). The van der Waals surface area contributed by atoms with Gasteiger partial charge in [0.1, 0.15) is 11.5 Å². The first-order valence-corrected chi connectivity index (χ1v) is 14.1. The second kappa shape index (κ2) is 14.9. The molecule has 0 fully saturated rings. The van der Waals surface area contributed by atoms with Crippen molar-refractivity contribution in [3.63, 3.8) is 0 Å². The van der Waals surface area contributed by atoms with Crippen molar-refractivity contribution in [2.75, 3.05) is 13.2 Å². The lowest BCUT2D eigenvalue weighted by atomic mass is 10.1. The van der Waals surface area contributed by atoms with E-state index in [-0.39, 0.29) is 11.6 Å². The molecular weight excluding hydrogens is 602 g/mol. The van der Waals surface area contributed by atoms with Crippen LogP contribution < -0.4 is 9.47 Å². The van der Waals surface area contributed by atoms with Crippen molar-refractivity contribution in [3.05, 3.63) is 139 Å². The molecule has 0 saturated carbocycles. The van der Waals surface area contributed by atoms with Crippen LogP contribution in [-0.2, 0) is 0 Å². The largest absolute Gasteiger partial charge is 0.493 e. The summed E-state index contributed by atoms with van der Waals surface area (Å²) in [6.07, 6.45) is 6.83. The van der Waals surface area contributed by atoms with E-state index < -0.39 is 0 Å². The average molecular weight is 626 g/mol. The molecule has 0 aliphatic carbocycles. The number of allylic oxidation sites excluding steroid dienone is 2. The van der Waals surface area contributed by atoms with Crippen LogP contribution in [0, 0.1) is 0 Å². The van der Waals surface area contributed by atoms with Gasteiger partial charge in [-0.15, -0.1) is 0 Å². The van der Waals surface area contributed by atoms with Crippen molar-refractivity contribution in [2.45, 2.75) is 6.42 Å². The first-order chi connectivity index (χ1) is 19.8. The van der Waals surface area contributed by atoms with Crippen molar-refractivity contribution in [1.82, 2.24) is 0 Å². The van der Waals surface area contributed by atoms with Crippen molar-refractivity contribution in [2.24, 2.45) is 0 Å². The molecule has 0 radical (unpaired) electrons. The third-order valence-electron chi connectivity index (χ3n) is 5.82. The van der Waals surface area contributed by atoms with E-state index in [1.807, 2.05) is 0 Å². The van der Waals surface area contributed by atoms with E-state index in [9.17, 15) is 9.59 Å². The smallest absolute Gasteiger partial charge is 0.185 e. The Kier molecular flexibility index (Phi) is 11.1. The quantitative estimate of drug-likeness (QED) is 0.0893. The predicted octanol–water partition coefficient (Wildman–Crippen LogP) is 9.94. The van der Waals surface area contributed by atoms with E-state index in [4.69, 9.17) is 55.9 Å². The minimum atomic E-state index is -0.176. The lowest BCUT2D eigenvalue weighted by Gasteiger charge is -2.09. The maximum Gasteiger partial charge on any atom is 0.185 e. The van der Waals surface area contributed by atoms with Crippen LogP contribution in [0.15, 0.2) is 97.1 Å². The number of rotatable bonds is 12. The van der Waals surface area contributed by atoms with Gasteiger partial charge in [0.2, 0.25) is 0 Å². The topological polar surface area (TPSA) is 52.6 Å². The Labute approximate surface area is 258 Å². The average Bonchev–Trinajstić information content (AvgIpc) is 2.96. The third kappa shape index (κ3) is 9.24. The number of hydrogen-bond acceptors (Lipinski definition) is 4. The molecule has 0 unspecified atom stereocenters. The zero-order valence-corrected chi connectivity index (χ0v) is 24.7. The van der Waals surface area contributed by atoms with Gasteiger partial charge < -0.3 is 9.47 Å². The third-order valence-corrected chi connectivity index (χ3v) is 6.94. The molecular formula is C33H24Cl4O4. The van der Waals surface area contributed by atoms with E-state index in [1.165, 1.54) is 12.2 Å². The summed E-state index contributed by atoms with van der Waals surface area (Å²) < 4.78 is 11.6. The highest BCUT2D eigenvalue weighted by molar-refractivity contribution is 6.36. The fourth-order valence-corrected chi connectivity index (χ4v) is 4.66. The van der Waals surface area contributed by atoms with E-state index >= 15 is 0 Å². The standard InChI is InChI=1S/C33H24Cl4O4/c34-26-12-8-22(30(36)20-26)10-14-32(38)24-4-1-6-28(18-24)40-16-3-17-41-29-7-2-5-25(19-29)33(39)15-11-23-9-13-27(35)21-31(23)37/h1-2,4-15,18-21H,3,16-17H2/b14-10+,15-11+. The second-order valence-corrected chi connectivity index (χ2v) is 10.5. The van der Waals surface area contributed by atoms with Gasteiger partial charge in [0.05, 0.1) is 13.2 Å². The van der Waals surface area contributed by atoms with E-state index in [2.05, 4.69) is 0 Å². The maximum atomic E-state index is 12.6. The number of benzene rings is 4. The Morgan fingerprint density at radius 3 is 1.44 bits per heavy atom. The SMILES string of the molecule is O=C(/C=C/c1ccc(Cl)cc1Cl)c1cccc(OCCCOc2cccc(C(=O)/C=C/c3ccc(Cl)cc3Cl)c2)c1. The number of ether oxygens (including phenoxy) is 2. The Hall–Kier alpha value is -3.54. The summed E-state index contributed by atoms with van der Waals surface area (Å²) in [5.74, 6) is 0.804. The molecule has 0 saturated heterocycles. The Bertz CT molecular complexity index is 1490. The van der Waals surface area contributed by atoms with Gasteiger partial charge in [0.15, 0.2) is 11.6 Å². The summed E-state index contributed by atoms with van der Waals surface area (Å²) >= 11 is 24.2. The van der Waals surface area contributed by atoms with Crippen LogP contribution in [0.4, 0.5) is 0 Å². The molecule has 8 heteroatoms. The van der Waals surface area contributed by atoms with E-state index in [0.29, 0.717) is 73.5 Å². The Balaban J connectivity index is 1.24. The Morgan fingerprint density at radius 1 is 0.585 bits per heavy atom. The van der Waals surface area contributed by atoms with Crippen LogP contribution in [0.2, 0.25) is 20.1 Å². The van der Waals surface area contributed by atoms with Crippen LogP contribution in [0.3, 0.4) is 0 Å². The summed E-state index contributed by atoms with van der Waals surface area (Å²) in [4.78, 5) is 25.3.